The van der Waals surface area contributed by atoms with E-state index in [0.29, 0.717) is 18.1 Å². The third kappa shape index (κ3) is 2.69. The second-order valence-corrected chi connectivity index (χ2v) is 5.49. The molecule has 0 saturated heterocycles. The Kier molecular flexibility index (Phi) is 4.11. The summed E-state index contributed by atoms with van der Waals surface area (Å²) in [5, 5.41) is 3.27. The van der Waals surface area contributed by atoms with Crippen LogP contribution >= 0.6 is 0 Å². The maximum Gasteiger partial charge on any atom is 0.161 e. The van der Waals surface area contributed by atoms with E-state index in [2.05, 4.69) is 38.4 Å². The number of methoxy groups -OCH3 is 1. The first kappa shape index (κ1) is 14.6. The zero-order chi connectivity index (χ0) is 15.5. The van der Waals surface area contributed by atoms with Crippen molar-refractivity contribution in [3.8, 4) is 0 Å². The third-order valence-corrected chi connectivity index (χ3v) is 3.81. The van der Waals surface area contributed by atoms with Crippen LogP contribution in [0.1, 0.15) is 12.5 Å². The summed E-state index contributed by atoms with van der Waals surface area (Å²) in [6.07, 6.45) is 2.55. The molecule has 1 unspecified atom stereocenters. The number of nitrogens with one attached hydrogen (secondary N) is 1. The monoisotopic (exact) mass is 299 g/mol. The van der Waals surface area contributed by atoms with Gasteiger partial charge in [-0.1, -0.05) is 18.2 Å². The molecular formula is C16H21N5O. The first-order chi connectivity index (χ1) is 10.7. The maximum absolute atomic E-state index is 6.29. The van der Waals surface area contributed by atoms with Gasteiger partial charge in [-0.05, 0) is 25.0 Å². The highest BCUT2D eigenvalue weighted by Gasteiger charge is 2.24. The van der Waals surface area contributed by atoms with E-state index < -0.39 is 0 Å². The highest BCUT2D eigenvalue weighted by atomic mass is 16.5. The lowest BCUT2D eigenvalue weighted by molar-refractivity contribution is 0.190. The van der Waals surface area contributed by atoms with Crippen LogP contribution in [0.5, 0.6) is 0 Å². The van der Waals surface area contributed by atoms with Crippen LogP contribution in [0.15, 0.2) is 30.6 Å². The van der Waals surface area contributed by atoms with Crippen LogP contribution < -0.4 is 16.0 Å². The molecule has 6 heteroatoms. The van der Waals surface area contributed by atoms with Gasteiger partial charge in [0.25, 0.3) is 0 Å². The Morgan fingerprint density at radius 1 is 1.36 bits per heavy atom. The smallest absolute Gasteiger partial charge is 0.161 e. The fourth-order valence-electron chi connectivity index (χ4n) is 2.80. The number of fused-ring (bicyclic) bond motifs is 1. The molecule has 1 aromatic carbocycles. The molecule has 6 nitrogen and oxygen atoms in total. The van der Waals surface area contributed by atoms with Gasteiger partial charge in [0.2, 0.25) is 0 Å². The summed E-state index contributed by atoms with van der Waals surface area (Å²) in [6.45, 7) is 3.49. The van der Waals surface area contributed by atoms with Crippen molar-refractivity contribution in [1.82, 2.24) is 9.97 Å². The minimum atomic E-state index is 0.126. The van der Waals surface area contributed by atoms with E-state index in [0.717, 1.165) is 18.8 Å². The van der Waals surface area contributed by atoms with Crippen molar-refractivity contribution < 1.29 is 4.74 Å². The van der Waals surface area contributed by atoms with Gasteiger partial charge in [-0.15, -0.1) is 0 Å². The number of nitrogens with zero attached hydrogens (tertiary/aromatic N) is 3. The van der Waals surface area contributed by atoms with Gasteiger partial charge < -0.3 is 20.7 Å². The number of hydrogen-bond acceptors (Lipinski definition) is 6. The lowest BCUT2D eigenvalue weighted by Crippen LogP contribution is -2.24. The minimum Gasteiger partial charge on any atom is -0.393 e. The normalized spacial score (nSPS) is 14.7. The van der Waals surface area contributed by atoms with E-state index in [9.17, 15) is 0 Å². The van der Waals surface area contributed by atoms with E-state index in [-0.39, 0.29) is 6.04 Å². The van der Waals surface area contributed by atoms with Crippen LogP contribution in [-0.2, 0) is 11.2 Å². The molecule has 0 bridgehead atoms. The average Bonchev–Trinajstić information content (AvgIpc) is 2.94. The molecule has 2 aromatic rings. The van der Waals surface area contributed by atoms with E-state index in [1.807, 2.05) is 13.0 Å². The SMILES string of the molecule is COCC(C)Nc1ncnc(N2CCc3ccccc32)c1N. The number of nitrogens with two attached hydrogens (primary N) is 1. The molecule has 0 spiro atoms. The number of hydrogen-bond donors (Lipinski definition) is 2. The van der Waals surface area contributed by atoms with E-state index in [4.69, 9.17) is 10.5 Å². The molecule has 1 aliphatic heterocycles. The van der Waals surface area contributed by atoms with Gasteiger partial charge in [0.1, 0.15) is 12.0 Å². The summed E-state index contributed by atoms with van der Waals surface area (Å²) in [6, 6.07) is 8.47. The van der Waals surface area contributed by atoms with Crippen LogP contribution in [0.3, 0.4) is 0 Å². The van der Waals surface area contributed by atoms with E-state index >= 15 is 0 Å². The predicted octanol–water partition coefficient (Wildman–Crippen LogP) is 2.20. The highest BCUT2D eigenvalue weighted by Crippen LogP contribution is 2.37. The molecule has 0 radical (unpaired) electrons. The first-order valence-corrected chi connectivity index (χ1v) is 7.42. The Labute approximate surface area is 130 Å². The van der Waals surface area contributed by atoms with Crippen molar-refractivity contribution in [3.63, 3.8) is 0 Å². The molecule has 22 heavy (non-hydrogen) atoms. The number of anilines is 4. The first-order valence-electron chi connectivity index (χ1n) is 7.42. The summed E-state index contributed by atoms with van der Waals surface area (Å²) < 4.78 is 5.14. The Hall–Kier alpha value is -2.34. The Bertz CT molecular complexity index is 661. The zero-order valence-electron chi connectivity index (χ0n) is 12.9. The van der Waals surface area contributed by atoms with Gasteiger partial charge in [-0.25, -0.2) is 9.97 Å². The molecule has 2 heterocycles. The summed E-state index contributed by atoms with van der Waals surface area (Å²) in [7, 11) is 1.67. The summed E-state index contributed by atoms with van der Waals surface area (Å²) in [4.78, 5) is 10.8. The van der Waals surface area contributed by atoms with Gasteiger partial charge in [-0.3, -0.25) is 0 Å². The van der Waals surface area contributed by atoms with Gasteiger partial charge in [0.05, 0.1) is 6.61 Å². The number of aromatic nitrogens is 2. The largest absolute Gasteiger partial charge is 0.393 e. The van der Waals surface area contributed by atoms with Crippen molar-refractivity contribution in [3.05, 3.63) is 36.2 Å². The Balaban J connectivity index is 1.90. The van der Waals surface area contributed by atoms with Gasteiger partial charge in [0.15, 0.2) is 11.6 Å². The van der Waals surface area contributed by atoms with Crippen LogP contribution in [0, 0.1) is 0 Å². The molecular weight excluding hydrogens is 278 g/mol. The molecule has 1 aliphatic rings. The molecule has 0 fully saturated rings. The quantitative estimate of drug-likeness (QED) is 0.881. The molecule has 0 saturated carbocycles. The molecule has 0 amide bonds. The molecule has 3 N–H and O–H groups in total. The van der Waals surface area contributed by atoms with E-state index in [1.165, 1.54) is 11.3 Å². The standard InChI is InChI=1S/C16H21N5O/c1-11(9-22-2)20-15-14(17)16(19-10-18-15)21-8-7-12-5-3-4-6-13(12)21/h3-6,10-11H,7-9,17H2,1-2H3,(H,18,19,20). The van der Waals surface area contributed by atoms with Crippen molar-refractivity contribution in [1.29, 1.82) is 0 Å². The van der Waals surface area contributed by atoms with Crippen molar-refractivity contribution >= 4 is 23.0 Å². The fourth-order valence-corrected chi connectivity index (χ4v) is 2.80. The number of nitrogen functional groups attached to an aromatic ring is 1. The van der Waals surface area contributed by atoms with Crippen LogP contribution in [0.2, 0.25) is 0 Å². The van der Waals surface area contributed by atoms with Gasteiger partial charge in [0, 0.05) is 25.4 Å². The molecule has 1 aromatic heterocycles. The molecule has 0 aliphatic carbocycles. The van der Waals surface area contributed by atoms with Crippen LogP contribution in [0.25, 0.3) is 0 Å². The van der Waals surface area contributed by atoms with Crippen LogP contribution in [0.4, 0.5) is 23.0 Å². The Morgan fingerprint density at radius 3 is 3.00 bits per heavy atom. The minimum absolute atomic E-state index is 0.126. The van der Waals surface area contributed by atoms with E-state index in [1.54, 1.807) is 13.4 Å². The summed E-state index contributed by atoms with van der Waals surface area (Å²) in [5.41, 5.74) is 9.36. The Morgan fingerprint density at radius 2 is 2.18 bits per heavy atom. The highest BCUT2D eigenvalue weighted by molar-refractivity contribution is 5.81. The second-order valence-electron chi connectivity index (χ2n) is 5.49. The van der Waals surface area contributed by atoms with Gasteiger partial charge in [-0.2, -0.15) is 0 Å². The number of ether oxygens (including phenoxy) is 1. The van der Waals surface area contributed by atoms with Crippen molar-refractivity contribution in [2.75, 3.05) is 36.2 Å². The van der Waals surface area contributed by atoms with Crippen LogP contribution in [-0.4, -0.2) is 36.3 Å². The second kappa shape index (κ2) is 6.19. The van der Waals surface area contributed by atoms with Gasteiger partial charge >= 0.3 is 0 Å². The molecule has 116 valence electrons. The lowest BCUT2D eigenvalue weighted by Gasteiger charge is -2.22. The number of benzene rings is 1. The summed E-state index contributed by atoms with van der Waals surface area (Å²) >= 11 is 0. The maximum atomic E-state index is 6.29. The van der Waals surface area contributed by atoms with Crippen molar-refractivity contribution in [2.24, 2.45) is 0 Å². The number of para-hydroxylation sites is 1. The lowest BCUT2D eigenvalue weighted by atomic mass is 10.2. The zero-order valence-corrected chi connectivity index (χ0v) is 12.9. The molecule has 3 rings (SSSR count). The topological polar surface area (TPSA) is 76.3 Å². The predicted molar refractivity (Wildman–Crippen MR) is 88.6 cm³/mol. The average molecular weight is 299 g/mol. The summed E-state index contributed by atoms with van der Waals surface area (Å²) in [5.74, 6) is 1.41. The molecule has 1 atom stereocenters. The van der Waals surface area contributed by atoms with Crippen molar-refractivity contribution in [2.45, 2.75) is 19.4 Å². The number of rotatable bonds is 5. The third-order valence-electron chi connectivity index (χ3n) is 3.81. The fraction of sp³-hybridized carbons (Fsp3) is 0.375.